The number of pyridine rings is 1. The SMILES string of the molecule is CC(C)(C)c1cc(-c2ccccc2)cc(-c2cccc3c4cc(C(C)(C)C)ccc4c4ccccc4c4cccc5c4n(c23)[CH-]N5c2[c-]c(Oc3[c-]c4c(cc3)c3ccccc3n4-c3cc(C(C)(C)C)ccn3)ccc2)c1.[Pt]. The summed E-state index contributed by atoms with van der Waals surface area (Å²) in [5, 5.41) is 9.30. The minimum Gasteiger partial charge on any atom is -0.509 e. The van der Waals surface area contributed by atoms with Gasteiger partial charge in [-0.05, 0) is 141 Å². The fourth-order valence-corrected chi connectivity index (χ4v) is 11.4. The summed E-state index contributed by atoms with van der Waals surface area (Å²) in [6, 6.07) is 78.2. The number of fused-ring (bicyclic) bond motifs is 10. The van der Waals surface area contributed by atoms with Crippen molar-refractivity contribution in [2.24, 2.45) is 0 Å². The molecule has 1 aliphatic heterocycles. The van der Waals surface area contributed by atoms with Gasteiger partial charge < -0.3 is 18.8 Å². The zero-order valence-corrected chi connectivity index (χ0v) is 47.9. The van der Waals surface area contributed by atoms with Crippen LogP contribution in [0.25, 0.3) is 93.2 Å². The van der Waals surface area contributed by atoms with Gasteiger partial charge in [0.05, 0.1) is 0 Å². The quantitative estimate of drug-likeness (QED) is 0.156. The molecule has 0 bridgehead atoms. The van der Waals surface area contributed by atoms with Crippen LogP contribution in [0.15, 0.2) is 200 Å². The van der Waals surface area contributed by atoms with E-state index in [1.807, 2.05) is 18.3 Å². The topological polar surface area (TPSA) is 35.2 Å². The largest absolute Gasteiger partial charge is 0.509 e. The van der Waals surface area contributed by atoms with Crippen LogP contribution in [-0.2, 0) is 37.3 Å². The summed E-state index contributed by atoms with van der Waals surface area (Å²) in [7, 11) is 0. The van der Waals surface area contributed by atoms with Gasteiger partial charge in [-0.15, -0.1) is 35.7 Å². The molecule has 5 nitrogen and oxygen atoms in total. The van der Waals surface area contributed by atoms with E-state index in [1.54, 1.807) is 0 Å². The van der Waals surface area contributed by atoms with Gasteiger partial charge in [0.25, 0.3) is 0 Å². The van der Waals surface area contributed by atoms with Gasteiger partial charge in [-0.25, -0.2) is 4.98 Å². The zero-order chi connectivity index (χ0) is 53.0. The number of aromatic nitrogens is 3. The first-order valence-corrected chi connectivity index (χ1v) is 26.8. The summed E-state index contributed by atoms with van der Waals surface area (Å²) < 4.78 is 11.5. The second kappa shape index (κ2) is 19.1. The smallest absolute Gasteiger partial charge is 0.135 e. The van der Waals surface area contributed by atoms with Crippen molar-refractivity contribution in [3.8, 4) is 39.6 Å². The van der Waals surface area contributed by atoms with Crippen molar-refractivity contribution in [2.45, 2.75) is 78.6 Å². The predicted octanol–water partition coefficient (Wildman–Crippen LogP) is 19.5. The molecule has 9 aromatic carbocycles. The fourth-order valence-electron chi connectivity index (χ4n) is 11.4. The number of para-hydroxylation sites is 3. The molecule has 6 heteroatoms. The minimum absolute atomic E-state index is 0. The molecule has 0 spiro atoms. The molecule has 0 saturated carbocycles. The van der Waals surface area contributed by atoms with Gasteiger partial charge in [0.1, 0.15) is 5.82 Å². The first kappa shape index (κ1) is 50.7. The summed E-state index contributed by atoms with van der Waals surface area (Å²) in [6.45, 7) is 22.8. The summed E-state index contributed by atoms with van der Waals surface area (Å²) in [5.74, 6) is 2.03. The van der Waals surface area contributed by atoms with E-state index in [1.165, 1.54) is 49.4 Å². The minimum atomic E-state index is -0.105. The van der Waals surface area contributed by atoms with Gasteiger partial charge in [0, 0.05) is 50.0 Å². The van der Waals surface area contributed by atoms with Crippen LogP contribution < -0.4 is 9.64 Å². The summed E-state index contributed by atoms with van der Waals surface area (Å²) in [5.41, 5.74) is 14.3. The first-order chi connectivity index (χ1) is 37.1. The van der Waals surface area contributed by atoms with Gasteiger partial charge in [-0.3, -0.25) is 0 Å². The van der Waals surface area contributed by atoms with Gasteiger partial charge in [-0.1, -0.05) is 207 Å². The van der Waals surface area contributed by atoms with Crippen molar-refractivity contribution >= 4 is 76.5 Å². The Hall–Kier alpha value is -8.11. The Balaban J connectivity index is 0.00000609. The molecule has 78 heavy (non-hydrogen) atoms. The molecule has 4 heterocycles. The van der Waals surface area contributed by atoms with E-state index < -0.39 is 0 Å². The molecule has 1 aliphatic rings. The van der Waals surface area contributed by atoms with Crippen LogP contribution in [-0.4, -0.2) is 14.1 Å². The molecular weight excluding hydrogens is 1130 g/mol. The Morgan fingerprint density at radius 1 is 0.436 bits per heavy atom. The van der Waals surface area contributed by atoms with Crippen molar-refractivity contribution in [3.05, 3.63) is 236 Å². The number of hydrogen-bond donors (Lipinski definition) is 0. The van der Waals surface area contributed by atoms with Crippen LogP contribution in [0.1, 0.15) is 79.0 Å². The zero-order valence-electron chi connectivity index (χ0n) is 45.6. The predicted molar refractivity (Wildman–Crippen MR) is 324 cm³/mol. The van der Waals surface area contributed by atoms with Crippen LogP contribution in [0, 0.1) is 18.8 Å². The third kappa shape index (κ3) is 8.79. The Morgan fingerprint density at radius 3 is 1.79 bits per heavy atom. The molecule has 0 fully saturated rings. The first-order valence-electron chi connectivity index (χ1n) is 26.8. The number of rotatable bonds is 6. The van der Waals surface area contributed by atoms with Crippen molar-refractivity contribution in [1.29, 1.82) is 0 Å². The van der Waals surface area contributed by atoms with Crippen LogP contribution >= 0.6 is 0 Å². The molecule has 0 amide bonds. The number of anilines is 2. The van der Waals surface area contributed by atoms with Crippen molar-refractivity contribution in [2.75, 3.05) is 4.90 Å². The number of ether oxygens (including phenoxy) is 1. The Kier molecular flexibility index (Phi) is 12.4. The molecule has 0 atom stereocenters. The molecule has 388 valence electrons. The molecule has 0 aliphatic carbocycles. The standard InChI is InChI=1S/C72H61N4O.Pt/c1-70(2,3)49-32-34-58-56-24-13-14-25-57(56)61-29-19-31-65-69(61)75(68-55(27-18-28-62(68)63(58)41-49)48-38-47(46-20-11-10-12-21-46)39-51(40-48)72(7,8)9)45-74(65)52-22-17-23-53(43-52)77-54-33-35-60-59-26-15-16-30-64(59)76(66(60)44-54)67-42-50(36-37-73-67)71(4,5)6;/h10-42,45H,1-9H3;/q-3;. The van der Waals surface area contributed by atoms with Crippen molar-refractivity contribution < 1.29 is 25.8 Å². The van der Waals surface area contributed by atoms with E-state index >= 15 is 0 Å². The Bertz CT molecular complexity index is 4410. The molecule has 0 radical (unpaired) electrons. The van der Waals surface area contributed by atoms with Crippen LogP contribution in [0.5, 0.6) is 11.5 Å². The summed E-state index contributed by atoms with van der Waals surface area (Å²) in [4.78, 5) is 7.19. The Labute approximate surface area is 472 Å². The van der Waals surface area contributed by atoms with E-state index in [-0.39, 0.29) is 37.3 Å². The van der Waals surface area contributed by atoms with Crippen LogP contribution in [0.3, 0.4) is 0 Å². The third-order valence-electron chi connectivity index (χ3n) is 15.6. The average Bonchev–Trinajstić information content (AvgIpc) is 4.03. The average molecular weight is 1190 g/mol. The normalized spacial score (nSPS) is 12.7. The van der Waals surface area contributed by atoms with Crippen molar-refractivity contribution in [1.82, 2.24) is 14.1 Å². The van der Waals surface area contributed by atoms with E-state index in [0.717, 1.165) is 71.9 Å². The fraction of sp³-hybridized carbons (Fsp3) is 0.167. The van der Waals surface area contributed by atoms with Crippen LogP contribution in [0.2, 0.25) is 0 Å². The molecule has 0 saturated heterocycles. The number of benzene rings is 9. The number of nitrogens with zero attached hydrogens (tertiary/aromatic N) is 4. The Morgan fingerprint density at radius 2 is 1.04 bits per heavy atom. The molecule has 0 N–H and O–H groups in total. The molecule has 13 rings (SSSR count). The van der Waals surface area contributed by atoms with Crippen molar-refractivity contribution in [3.63, 3.8) is 0 Å². The summed E-state index contributed by atoms with van der Waals surface area (Å²) >= 11 is 0. The maximum absolute atomic E-state index is 6.83. The van der Waals surface area contributed by atoms with Gasteiger partial charge >= 0.3 is 0 Å². The number of hydrogen-bond acceptors (Lipinski definition) is 3. The van der Waals surface area contributed by atoms with Gasteiger partial charge in [0.2, 0.25) is 0 Å². The van der Waals surface area contributed by atoms with Gasteiger partial charge in [0.15, 0.2) is 0 Å². The molecular formula is C72H61N4OPt-3. The molecule has 12 aromatic rings. The maximum atomic E-state index is 6.83. The second-order valence-electron chi connectivity index (χ2n) is 23.8. The third-order valence-corrected chi connectivity index (χ3v) is 15.6. The van der Waals surface area contributed by atoms with E-state index in [4.69, 9.17) is 9.72 Å². The van der Waals surface area contributed by atoms with Crippen LogP contribution in [0.4, 0.5) is 11.4 Å². The maximum Gasteiger partial charge on any atom is 0.135 e. The van der Waals surface area contributed by atoms with E-state index in [2.05, 4.69) is 277 Å². The van der Waals surface area contributed by atoms with E-state index in [9.17, 15) is 0 Å². The second-order valence-corrected chi connectivity index (χ2v) is 23.8. The summed E-state index contributed by atoms with van der Waals surface area (Å²) in [6.07, 6.45) is 1.91. The van der Waals surface area contributed by atoms with E-state index in [0.29, 0.717) is 11.5 Å². The molecule has 0 unspecified atom stereocenters. The molecule has 3 aromatic heterocycles. The monoisotopic (exact) mass is 1190 g/mol. The van der Waals surface area contributed by atoms with Gasteiger partial charge in [-0.2, -0.15) is 12.1 Å².